The summed E-state index contributed by atoms with van der Waals surface area (Å²) in [4.78, 5) is 22.7. The van der Waals surface area contributed by atoms with Crippen molar-refractivity contribution in [3.63, 3.8) is 0 Å². The van der Waals surface area contributed by atoms with Gasteiger partial charge in [-0.15, -0.1) is 5.06 Å². The van der Waals surface area contributed by atoms with E-state index in [2.05, 4.69) is 54.6 Å². The highest BCUT2D eigenvalue weighted by molar-refractivity contribution is 5.82. The van der Waals surface area contributed by atoms with Crippen LogP contribution < -0.4 is 0 Å². The molecule has 2 atom stereocenters. The van der Waals surface area contributed by atoms with Crippen molar-refractivity contribution in [1.29, 1.82) is 0 Å². The van der Waals surface area contributed by atoms with Crippen molar-refractivity contribution in [2.45, 2.75) is 64.4 Å². The van der Waals surface area contributed by atoms with Crippen LogP contribution >= 0.6 is 0 Å². The first kappa shape index (κ1) is 29.7. The fraction of sp³-hybridized carbons (Fsp3) is 0.371. The van der Waals surface area contributed by atoms with Crippen LogP contribution in [0.15, 0.2) is 91.1 Å². The number of rotatable bonds is 10. The molecule has 5 rings (SSSR count). The minimum absolute atomic E-state index is 0.111. The van der Waals surface area contributed by atoms with Crippen molar-refractivity contribution < 1.29 is 23.8 Å². The fourth-order valence-corrected chi connectivity index (χ4v) is 5.17. The van der Waals surface area contributed by atoms with Crippen molar-refractivity contribution in [3.8, 4) is 0 Å². The lowest BCUT2D eigenvalue weighted by atomic mass is 9.88. The molecule has 0 amide bonds. The largest absolute Gasteiger partial charge is 0.528 e. The van der Waals surface area contributed by atoms with Crippen molar-refractivity contribution in [2.24, 2.45) is 0 Å². The molecule has 7 nitrogen and oxygen atoms in total. The van der Waals surface area contributed by atoms with Gasteiger partial charge in [0.2, 0.25) is 0 Å². The zero-order chi connectivity index (χ0) is 29.4. The van der Waals surface area contributed by atoms with Crippen LogP contribution in [-0.4, -0.2) is 47.6 Å². The van der Waals surface area contributed by atoms with Crippen molar-refractivity contribution in [2.75, 3.05) is 19.7 Å². The second-order valence-corrected chi connectivity index (χ2v) is 11.7. The molecular weight excluding hydrogens is 528 g/mol. The highest BCUT2D eigenvalue weighted by Gasteiger charge is 2.34. The van der Waals surface area contributed by atoms with E-state index in [1.807, 2.05) is 57.3 Å². The summed E-state index contributed by atoms with van der Waals surface area (Å²) in [5.41, 5.74) is 3.75. The number of hydrogen-bond acceptors (Lipinski definition) is 7. The molecule has 2 unspecified atom stereocenters. The summed E-state index contributed by atoms with van der Waals surface area (Å²) < 4.78 is 17.7. The van der Waals surface area contributed by atoms with Crippen LogP contribution in [0.3, 0.4) is 0 Å². The Morgan fingerprint density at radius 1 is 0.905 bits per heavy atom. The van der Waals surface area contributed by atoms with Crippen LogP contribution in [0.5, 0.6) is 0 Å². The topological polar surface area (TPSA) is 70.1 Å². The zero-order valence-corrected chi connectivity index (χ0v) is 24.7. The Labute approximate surface area is 248 Å². The highest BCUT2D eigenvalue weighted by atomic mass is 16.8. The quantitative estimate of drug-likeness (QED) is 0.148. The Morgan fingerprint density at radius 2 is 1.69 bits per heavy atom. The highest BCUT2D eigenvalue weighted by Crippen LogP contribution is 2.31. The fourth-order valence-electron chi connectivity index (χ4n) is 5.17. The molecule has 3 aromatic carbocycles. The van der Waals surface area contributed by atoms with Crippen LogP contribution in [0.2, 0.25) is 0 Å². The van der Waals surface area contributed by atoms with E-state index in [-0.39, 0.29) is 12.0 Å². The average Bonchev–Trinajstić information content (AvgIpc) is 2.98. The first-order chi connectivity index (χ1) is 20.3. The summed E-state index contributed by atoms with van der Waals surface area (Å²) in [5, 5.41) is 4.04. The summed E-state index contributed by atoms with van der Waals surface area (Å²) >= 11 is 0. The molecule has 2 heterocycles. The first-order valence-electron chi connectivity index (χ1n) is 14.6. The summed E-state index contributed by atoms with van der Waals surface area (Å²) in [6.45, 7) is 8.14. The Kier molecular flexibility index (Phi) is 9.85. The van der Waals surface area contributed by atoms with E-state index in [1.165, 1.54) is 10.8 Å². The van der Waals surface area contributed by atoms with Crippen LogP contribution in [0.1, 0.15) is 55.5 Å². The Hall–Kier alpha value is -3.78. The van der Waals surface area contributed by atoms with Gasteiger partial charge in [-0.3, -0.25) is 4.98 Å². The number of benzene rings is 3. The maximum Gasteiger partial charge on any atom is 0.528 e. The lowest BCUT2D eigenvalue weighted by molar-refractivity contribution is -0.179. The van der Waals surface area contributed by atoms with Gasteiger partial charge in [-0.1, -0.05) is 72.8 Å². The van der Waals surface area contributed by atoms with Gasteiger partial charge in [0.25, 0.3) is 0 Å². The third kappa shape index (κ3) is 8.61. The average molecular weight is 569 g/mol. The number of nitrogens with zero attached hydrogens (tertiary/aromatic N) is 2. The monoisotopic (exact) mass is 568 g/mol. The molecule has 0 N–H and O–H groups in total. The van der Waals surface area contributed by atoms with Crippen LogP contribution in [-0.2, 0) is 38.7 Å². The molecule has 0 spiro atoms. The van der Waals surface area contributed by atoms with E-state index < -0.39 is 11.8 Å². The maximum atomic E-state index is 12.4. The summed E-state index contributed by atoms with van der Waals surface area (Å²) in [6, 6.07) is 29.1. The van der Waals surface area contributed by atoms with Gasteiger partial charge in [-0.25, -0.2) is 4.79 Å². The number of aromatic nitrogens is 1. The third-order valence-electron chi connectivity index (χ3n) is 7.28. The second kappa shape index (κ2) is 13.9. The molecule has 7 heteroatoms. The molecule has 42 heavy (non-hydrogen) atoms. The molecular formula is C35H40N2O5. The molecule has 1 aliphatic rings. The number of carbonyl (C=O) groups excluding carboxylic acids is 1. The van der Waals surface area contributed by atoms with Crippen LogP contribution in [0.4, 0.5) is 4.79 Å². The van der Waals surface area contributed by atoms with Gasteiger partial charge in [0.15, 0.2) is 0 Å². The number of ether oxygens (including phenoxy) is 3. The minimum atomic E-state index is -0.699. The summed E-state index contributed by atoms with van der Waals surface area (Å²) in [7, 11) is 0. The van der Waals surface area contributed by atoms with Gasteiger partial charge in [0.1, 0.15) is 5.60 Å². The van der Waals surface area contributed by atoms with Gasteiger partial charge in [0.05, 0.1) is 32.5 Å². The number of pyridine rings is 1. The molecule has 1 saturated heterocycles. The van der Waals surface area contributed by atoms with Crippen LogP contribution in [0.25, 0.3) is 10.8 Å². The van der Waals surface area contributed by atoms with E-state index in [0.717, 1.165) is 35.2 Å². The van der Waals surface area contributed by atoms with Gasteiger partial charge in [-0.2, -0.15) is 0 Å². The van der Waals surface area contributed by atoms with E-state index in [9.17, 15) is 4.79 Å². The lowest BCUT2D eigenvalue weighted by Crippen LogP contribution is -2.45. The van der Waals surface area contributed by atoms with Crippen LogP contribution in [0, 0.1) is 0 Å². The SMILES string of the molecule is CC(C)(C)OC(=O)ON1CCC(c2ccc(CCOCc3ccccc3)nc2)C(OCc2ccc3ccccc3c2)C1. The van der Waals surface area contributed by atoms with E-state index in [1.54, 1.807) is 5.06 Å². The summed E-state index contributed by atoms with van der Waals surface area (Å²) in [6.07, 6.45) is 2.56. The number of carbonyl (C=O) groups is 1. The Balaban J connectivity index is 1.22. The molecule has 0 bridgehead atoms. The zero-order valence-electron chi connectivity index (χ0n) is 24.7. The van der Waals surface area contributed by atoms with Gasteiger partial charge in [0, 0.05) is 30.8 Å². The molecule has 0 radical (unpaired) electrons. The standard InChI is InChI=1S/C35H40N2O5/c1-35(2,3)41-34(38)42-37-19-17-32(33(23-37)40-25-27-13-14-28-11-7-8-12-29(28)21-27)30-15-16-31(36-22-30)18-20-39-24-26-9-5-4-6-10-26/h4-16,21-22,32-33H,17-20,23-25H2,1-3H3. The number of hydroxylamine groups is 2. The molecule has 0 aliphatic carbocycles. The smallest absolute Gasteiger partial charge is 0.427 e. The normalized spacial score (nSPS) is 17.7. The van der Waals surface area contributed by atoms with E-state index >= 15 is 0 Å². The number of piperidine rings is 1. The van der Waals surface area contributed by atoms with E-state index in [4.69, 9.17) is 24.0 Å². The number of hydrogen-bond donors (Lipinski definition) is 0. The molecule has 0 saturated carbocycles. The first-order valence-corrected chi connectivity index (χ1v) is 14.6. The van der Waals surface area contributed by atoms with Crippen molar-refractivity contribution in [1.82, 2.24) is 10.0 Å². The Morgan fingerprint density at radius 3 is 2.45 bits per heavy atom. The minimum Gasteiger partial charge on any atom is -0.427 e. The molecule has 220 valence electrons. The Bertz CT molecular complexity index is 1440. The summed E-state index contributed by atoms with van der Waals surface area (Å²) in [5.74, 6) is 0.111. The van der Waals surface area contributed by atoms with Gasteiger partial charge < -0.3 is 19.0 Å². The molecule has 1 aliphatic heterocycles. The van der Waals surface area contributed by atoms with Gasteiger partial charge in [-0.05, 0) is 66.8 Å². The van der Waals surface area contributed by atoms with Gasteiger partial charge >= 0.3 is 6.16 Å². The number of fused-ring (bicyclic) bond motifs is 1. The van der Waals surface area contributed by atoms with Crippen molar-refractivity contribution >= 4 is 16.9 Å². The van der Waals surface area contributed by atoms with Crippen molar-refractivity contribution in [3.05, 3.63) is 114 Å². The third-order valence-corrected chi connectivity index (χ3v) is 7.28. The molecule has 1 fully saturated rings. The van der Waals surface area contributed by atoms with E-state index in [0.29, 0.717) is 32.9 Å². The molecule has 4 aromatic rings. The second-order valence-electron chi connectivity index (χ2n) is 11.7. The lowest BCUT2D eigenvalue weighted by Gasteiger charge is -2.37. The maximum absolute atomic E-state index is 12.4. The predicted octanol–water partition coefficient (Wildman–Crippen LogP) is 7.24. The predicted molar refractivity (Wildman–Crippen MR) is 163 cm³/mol. The molecule has 1 aromatic heterocycles.